The fraction of sp³-hybridized carbons (Fsp3) is 0.444. The number of carbonyl (C=O) groups excluding carboxylic acids is 2. The summed E-state index contributed by atoms with van der Waals surface area (Å²) < 4.78 is 0. The van der Waals surface area contributed by atoms with Gasteiger partial charge in [0.2, 0.25) is 11.8 Å². The van der Waals surface area contributed by atoms with Crippen molar-refractivity contribution in [2.75, 3.05) is 23.9 Å². The molecule has 0 bridgehead atoms. The quantitative estimate of drug-likeness (QED) is 0.622. The predicted molar refractivity (Wildman–Crippen MR) is 87.9 cm³/mol. The molecule has 1 heterocycles. The van der Waals surface area contributed by atoms with Gasteiger partial charge in [-0.15, -0.1) is 0 Å². The first-order chi connectivity index (χ1) is 10.4. The lowest BCUT2D eigenvalue weighted by molar-refractivity contribution is -0.122. The number of amides is 2. The van der Waals surface area contributed by atoms with E-state index in [-0.39, 0.29) is 23.7 Å². The second-order valence-electron chi connectivity index (χ2n) is 6.60. The van der Waals surface area contributed by atoms with Crippen molar-refractivity contribution in [3.05, 3.63) is 35.4 Å². The van der Waals surface area contributed by atoms with Crippen molar-refractivity contribution in [3.63, 3.8) is 0 Å². The van der Waals surface area contributed by atoms with Gasteiger partial charge in [-0.3, -0.25) is 14.5 Å². The molecule has 4 heteroatoms. The summed E-state index contributed by atoms with van der Waals surface area (Å²) >= 11 is 0. The Kier molecular flexibility index (Phi) is 3.55. The molecule has 1 saturated heterocycles. The van der Waals surface area contributed by atoms with Crippen LogP contribution >= 0.6 is 0 Å². The number of anilines is 2. The molecule has 116 valence electrons. The Balaban J connectivity index is 1.90. The van der Waals surface area contributed by atoms with E-state index in [0.29, 0.717) is 18.5 Å². The van der Waals surface area contributed by atoms with Gasteiger partial charge in [0.05, 0.1) is 17.5 Å². The second-order valence-corrected chi connectivity index (χ2v) is 6.60. The highest BCUT2D eigenvalue weighted by Crippen LogP contribution is 2.42. The van der Waals surface area contributed by atoms with Crippen molar-refractivity contribution in [1.82, 2.24) is 0 Å². The van der Waals surface area contributed by atoms with E-state index in [9.17, 15) is 9.59 Å². The molecular formula is C18H22N2O2. The highest BCUT2D eigenvalue weighted by atomic mass is 16.2. The Bertz CT molecular complexity index is 626. The molecule has 0 unspecified atom stereocenters. The van der Waals surface area contributed by atoms with Gasteiger partial charge in [0.1, 0.15) is 0 Å². The molecule has 0 spiro atoms. The normalized spacial score (nSPS) is 24.8. The zero-order valence-electron chi connectivity index (χ0n) is 13.6. The van der Waals surface area contributed by atoms with Gasteiger partial charge in [0.15, 0.2) is 0 Å². The smallest absolute Gasteiger partial charge is 0.238 e. The molecule has 1 fully saturated rings. The van der Waals surface area contributed by atoms with E-state index in [4.69, 9.17) is 0 Å². The third-order valence-electron chi connectivity index (χ3n) is 4.97. The van der Waals surface area contributed by atoms with E-state index in [1.807, 2.05) is 43.3 Å². The Morgan fingerprint density at radius 2 is 1.36 bits per heavy atom. The van der Waals surface area contributed by atoms with Gasteiger partial charge in [-0.25, -0.2) is 0 Å². The summed E-state index contributed by atoms with van der Waals surface area (Å²) in [6.07, 6.45) is 1.43. The summed E-state index contributed by atoms with van der Waals surface area (Å²) in [6.45, 7) is 4.13. The molecule has 0 aromatic heterocycles. The van der Waals surface area contributed by atoms with Crippen LogP contribution < -0.4 is 9.80 Å². The molecule has 3 rings (SSSR count). The molecule has 1 aliphatic heterocycles. The van der Waals surface area contributed by atoms with Gasteiger partial charge in [0, 0.05) is 19.8 Å². The van der Waals surface area contributed by atoms with Gasteiger partial charge in [-0.1, -0.05) is 11.1 Å². The van der Waals surface area contributed by atoms with E-state index in [0.717, 1.165) is 5.69 Å². The minimum absolute atomic E-state index is 0.0422. The van der Waals surface area contributed by atoms with Gasteiger partial charge in [-0.2, -0.15) is 0 Å². The molecule has 2 atom stereocenters. The number of rotatable bonds is 2. The van der Waals surface area contributed by atoms with Crippen LogP contribution in [0, 0.1) is 11.8 Å². The molecule has 2 amide bonds. The van der Waals surface area contributed by atoms with Gasteiger partial charge < -0.3 is 4.90 Å². The summed E-state index contributed by atoms with van der Waals surface area (Å²) in [5.74, 6) is -0.437. The standard InChI is InChI=1S/C18H22N2O2/c1-11-9-15-16(10-12(11)2)18(22)20(17(15)21)14-7-5-13(6-8-14)19(3)4/h5-8,15-16H,9-10H2,1-4H3/t15-,16+. The molecule has 0 N–H and O–H groups in total. The van der Waals surface area contributed by atoms with E-state index in [1.165, 1.54) is 16.0 Å². The summed E-state index contributed by atoms with van der Waals surface area (Å²) in [6, 6.07) is 7.59. The highest BCUT2D eigenvalue weighted by molar-refractivity contribution is 6.22. The lowest BCUT2D eigenvalue weighted by atomic mass is 9.78. The average molecular weight is 298 g/mol. The molecule has 0 radical (unpaired) electrons. The monoisotopic (exact) mass is 298 g/mol. The SMILES string of the molecule is CC1=C(C)C[C@H]2C(=O)N(c3ccc(N(C)C)cc3)C(=O)[C@H]2C1. The second kappa shape index (κ2) is 5.27. The van der Waals surface area contributed by atoms with Crippen molar-refractivity contribution >= 4 is 23.2 Å². The maximum atomic E-state index is 12.7. The Labute approximate surface area is 131 Å². The number of allylic oxidation sites excluding steroid dienone is 2. The van der Waals surface area contributed by atoms with Gasteiger partial charge in [-0.05, 0) is 51.0 Å². The lowest BCUT2D eigenvalue weighted by Crippen LogP contribution is -2.30. The van der Waals surface area contributed by atoms with Gasteiger partial charge >= 0.3 is 0 Å². The molecule has 1 aromatic rings. The van der Waals surface area contributed by atoms with Crippen LogP contribution in [0.2, 0.25) is 0 Å². The number of carbonyl (C=O) groups is 2. The number of hydrogen-bond donors (Lipinski definition) is 0. The zero-order chi connectivity index (χ0) is 16.0. The first-order valence-electron chi connectivity index (χ1n) is 7.70. The summed E-state index contributed by atoms with van der Waals surface area (Å²) in [5.41, 5.74) is 4.25. The van der Waals surface area contributed by atoms with E-state index < -0.39 is 0 Å². The minimum atomic E-state index is -0.176. The number of nitrogens with zero attached hydrogens (tertiary/aromatic N) is 2. The van der Waals surface area contributed by atoms with Crippen molar-refractivity contribution in [2.45, 2.75) is 26.7 Å². The van der Waals surface area contributed by atoms with Crippen LogP contribution in [0.25, 0.3) is 0 Å². The summed E-state index contributed by atoms with van der Waals surface area (Å²) in [5, 5.41) is 0. The van der Waals surface area contributed by atoms with Crippen LogP contribution in [0.1, 0.15) is 26.7 Å². The topological polar surface area (TPSA) is 40.6 Å². The lowest BCUT2D eigenvalue weighted by Gasteiger charge is -2.23. The third-order valence-corrected chi connectivity index (χ3v) is 4.97. The van der Waals surface area contributed by atoms with Crippen LogP contribution in [0.3, 0.4) is 0 Å². The first kappa shape index (κ1) is 14.8. The largest absolute Gasteiger partial charge is 0.378 e. The van der Waals surface area contributed by atoms with Crippen molar-refractivity contribution in [3.8, 4) is 0 Å². The Hall–Kier alpha value is -2.10. The van der Waals surface area contributed by atoms with Crippen LogP contribution in [-0.4, -0.2) is 25.9 Å². The minimum Gasteiger partial charge on any atom is -0.378 e. The van der Waals surface area contributed by atoms with Crippen molar-refractivity contribution in [2.24, 2.45) is 11.8 Å². The third kappa shape index (κ3) is 2.23. The van der Waals surface area contributed by atoms with E-state index >= 15 is 0 Å². The van der Waals surface area contributed by atoms with Crippen molar-refractivity contribution < 1.29 is 9.59 Å². The van der Waals surface area contributed by atoms with E-state index in [2.05, 4.69) is 13.8 Å². The Morgan fingerprint density at radius 3 is 1.77 bits per heavy atom. The molecule has 1 aromatic carbocycles. The highest BCUT2D eigenvalue weighted by Gasteiger charge is 2.49. The Morgan fingerprint density at radius 1 is 0.909 bits per heavy atom. The molecular weight excluding hydrogens is 276 g/mol. The fourth-order valence-corrected chi connectivity index (χ4v) is 3.41. The van der Waals surface area contributed by atoms with Crippen molar-refractivity contribution in [1.29, 1.82) is 0 Å². The number of fused-ring (bicyclic) bond motifs is 1. The van der Waals surface area contributed by atoms with Crippen LogP contribution in [-0.2, 0) is 9.59 Å². The number of imide groups is 1. The molecule has 0 saturated carbocycles. The fourth-order valence-electron chi connectivity index (χ4n) is 3.41. The summed E-state index contributed by atoms with van der Waals surface area (Å²) in [7, 11) is 3.93. The number of benzene rings is 1. The zero-order valence-corrected chi connectivity index (χ0v) is 13.6. The molecule has 2 aliphatic rings. The predicted octanol–water partition coefficient (Wildman–Crippen LogP) is 2.99. The average Bonchev–Trinajstić information content (AvgIpc) is 2.72. The van der Waals surface area contributed by atoms with Crippen LogP contribution in [0.15, 0.2) is 35.4 Å². The van der Waals surface area contributed by atoms with Gasteiger partial charge in [0.25, 0.3) is 0 Å². The molecule has 22 heavy (non-hydrogen) atoms. The molecule has 4 nitrogen and oxygen atoms in total. The maximum Gasteiger partial charge on any atom is 0.238 e. The maximum absolute atomic E-state index is 12.7. The van der Waals surface area contributed by atoms with Crippen LogP contribution in [0.4, 0.5) is 11.4 Å². The number of hydrogen-bond acceptors (Lipinski definition) is 3. The first-order valence-corrected chi connectivity index (χ1v) is 7.70. The summed E-state index contributed by atoms with van der Waals surface area (Å²) in [4.78, 5) is 28.8. The van der Waals surface area contributed by atoms with Crippen LogP contribution in [0.5, 0.6) is 0 Å². The van der Waals surface area contributed by atoms with E-state index in [1.54, 1.807) is 0 Å². The molecule has 1 aliphatic carbocycles.